The number of halogens is 2. The highest BCUT2D eigenvalue weighted by atomic mass is 79.9. The summed E-state index contributed by atoms with van der Waals surface area (Å²) in [4.78, 5) is 0. The maximum atomic E-state index is 6.23. The van der Waals surface area contributed by atoms with Crippen molar-refractivity contribution in [3.05, 3.63) is 28.2 Å². The van der Waals surface area contributed by atoms with E-state index in [1.807, 2.05) is 12.1 Å². The average Bonchev–Trinajstić information content (AvgIpc) is 2.14. The molecule has 2 nitrogen and oxygen atoms in total. The standard InChI is InChI=1S/C12H16BrNO.ClH/c1-15-11-7-9(13)5-6-10(11)12(14)8-3-2-4-8;/h5-8,12H,2-4,14H2,1H3;1H/t12-;/m0./s1. The van der Waals surface area contributed by atoms with Crippen molar-refractivity contribution in [1.82, 2.24) is 0 Å². The van der Waals surface area contributed by atoms with Crippen molar-refractivity contribution in [3.63, 3.8) is 0 Å². The highest BCUT2D eigenvalue weighted by molar-refractivity contribution is 9.10. The zero-order chi connectivity index (χ0) is 10.8. The molecule has 1 atom stereocenters. The summed E-state index contributed by atoms with van der Waals surface area (Å²) in [6, 6.07) is 6.19. The predicted octanol–water partition coefficient (Wildman–Crippen LogP) is 3.68. The van der Waals surface area contributed by atoms with Gasteiger partial charge >= 0.3 is 0 Å². The van der Waals surface area contributed by atoms with Crippen LogP contribution in [0.4, 0.5) is 0 Å². The van der Waals surface area contributed by atoms with Crippen LogP contribution in [0.15, 0.2) is 22.7 Å². The molecule has 0 heterocycles. The number of ether oxygens (including phenoxy) is 1. The first-order valence-corrected chi connectivity index (χ1v) is 6.10. The Morgan fingerprint density at radius 1 is 1.44 bits per heavy atom. The molecule has 0 aromatic heterocycles. The molecule has 2 rings (SSSR count). The number of benzene rings is 1. The first-order valence-electron chi connectivity index (χ1n) is 5.31. The van der Waals surface area contributed by atoms with Gasteiger partial charge in [0.2, 0.25) is 0 Å². The predicted molar refractivity (Wildman–Crippen MR) is 72.2 cm³/mol. The van der Waals surface area contributed by atoms with Crippen LogP contribution in [0.1, 0.15) is 30.9 Å². The molecule has 0 aliphatic heterocycles. The number of hydrogen-bond acceptors (Lipinski definition) is 2. The Labute approximate surface area is 111 Å². The number of hydrogen-bond donors (Lipinski definition) is 1. The molecule has 1 aromatic carbocycles. The molecular weight excluding hydrogens is 289 g/mol. The second-order valence-electron chi connectivity index (χ2n) is 4.10. The summed E-state index contributed by atoms with van der Waals surface area (Å²) < 4.78 is 6.39. The summed E-state index contributed by atoms with van der Waals surface area (Å²) in [5.74, 6) is 1.53. The van der Waals surface area contributed by atoms with E-state index < -0.39 is 0 Å². The van der Waals surface area contributed by atoms with Crippen molar-refractivity contribution in [2.24, 2.45) is 11.7 Å². The van der Waals surface area contributed by atoms with Gasteiger partial charge in [0.25, 0.3) is 0 Å². The van der Waals surface area contributed by atoms with Gasteiger partial charge in [-0.05, 0) is 30.9 Å². The maximum absolute atomic E-state index is 6.23. The van der Waals surface area contributed by atoms with Crippen LogP contribution < -0.4 is 10.5 Å². The molecule has 2 N–H and O–H groups in total. The quantitative estimate of drug-likeness (QED) is 0.924. The average molecular weight is 307 g/mol. The lowest BCUT2D eigenvalue weighted by Crippen LogP contribution is -2.27. The minimum Gasteiger partial charge on any atom is -0.496 e. The molecule has 1 aliphatic rings. The Balaban J connectivity index is 0.00000128. The van der Waals surface area contributed by atoms with Gasteiger partial charge in [-0.2, -0.15) is 0 Å². The fourth-order valence-electron chi connectivity index (χ4n) is 2.01. The highest BCUT2D eigenvalue weighted by Crippen LogP contribution is 2.39. The monoisotopic (exact) mass is 305 g/mol. The van der Waals surface area contributed by atoms with Gasteiger partial charge in [0.1, 0.15) is 5.75 Å². The van der Waals surface area contributed by atoms with Gasteiger partial charge in [0, 0.05) is 16.1 Å². The van der Waals surface area contributed by atoms with E-state index in [-0.39, 0.29) is 18.4 Å². The molecule has 0 saturated heterocycles. The van der Waals surface area contributed by atoms with Gasteiger partial charge in [-0.25, -0.2) is 0 Å². The van der Waals surface area contributed by atoms with E-state index >= 15 is 0 Å². The third kappa shape index (κ3) is 2.70. The molecule has 0 radical (unpaired) electrons. The van der Waals surface area contributed by atoms with Crippen LogP contribution in [0.5, 0.6) is 5.75 Å². The number of nitrogens with two attached hydrogens (primary N) is 1. The molecule has 0 spiro atoms. The molecule has 4 heteroatoms. The zero-order valence-electron chi connectivity index (χ0n) is 9.28. The van der Waals surface area contributed by atoms with Crippen LogP contribution in [0.2, 0.25) is 0 Å². The molecule has 16 heavy (non-hydrogen) atoms. The maximum Gasteiger partial charge on any atom is 0.124 e. The SMILES string of the molecule is COc1cc(Br)ccc1[C@@H](N)C1CCC1.Cl. The van der Waals surface area contributed by atoms with E-state index in [0.29, 0.717) is 5.92 Å². The lowest BCUT2D eigenvalue weighted by Gasteiger charge is -2.32. The Morgan fingerprint density at radius 3 is 2.62 bits per heavy atom. The Bertz CT molecular complexity index is 355. The van der Waals surface area contributed by atoms with Crippen LogP contribution in [-0.4, -0.2) is 7.11 Å². The molecule has 1 aliphatic carbocycles. The van der Waals surface area contributed by atoms with Gasteiger partial charge < -0.3 is 10.5 Å². The van der Waals surface area contributed by atoms with E-state index in [0.717, 1.165) is 15.8 Å². The smallest absolute Gasteiger partial charge is 0.124 e. The minimum atomic E-state index is 0. The van der Waals surface area contributed by atoms with Crippen LogP contribution in [0.25, 0.3) is 0 Å². The number of methoxy groups -OCH3 is 1. The Hall–Kier alpha value is -0.250. The van der Waals surface area contributed by atoms with Crippen molar-refractivity contribution in [2.75, 3.05) is 7.11 Å². The van der Waals surface area contributed by atoms with Crippen molar-refractivity contribution in [2.45, 2.75) is 25.3 Å². The zero-order valence-corrected chi connectivity index (χ0v) is 11.7. The summed E-state index contributed by atoms with van der Waals surface area (Å²) in [6.45, 7) is 0. The molecule has 0 unspecified atom stereocenters. The van der Waals surface area contributed by atoms with Gasteiger partial charge in [-0.15, -0.1) is 12.4 Å². The van der Waals surface area contributed by atoms with Crippen LogP contribution in [0, 0.1) is 5.92 Å². The second kappa shape index (κ2) is 5.89. The van der Waals surface area contributed by atoms with Crippen LogP contribution >= 0.6 is 28.3 Å². The molecular formula is C12H17BrClNO. The van der Waals surface area contributed by atoms with Crippen LogP contribution in [-0.2, 0) is 0 Å². The topological polar surface area (TPSA) is 35.2 Å². The highest BCUT2D eigenvalue weighted by Gasteiger charge is 2.27. The van der Waals surface area contributed by atoms with Crippen LogP contribution in [0.3, 0.4) is 0 Å². The summed E-state index contributed by atoms with van der Waals surface area (Å²) in [7, 11) is 1.69. The van der Waals surface area contributed by atoms with Crippen molar-refractivity contribution < 1.29 is 4.74 Å². The lowest BCUT2D eigenvalue weighted by atomic mass is 9.77. The third-order valence-corrected chi connectivity index (χ3v) is 3.71. The van der Waals surface area contributed by atoms with E-state index in [1.54, 1.807) is 7.11 Å². The van der Waals surface area contributed by atoms with Crippen molar-refractivity contribution >= 4 is 28.3 Å². The molecule has 1 fully saturated rings. The van der Waals surface area contributed by atoms with Gasteiger partial charge in [0.05, 0.1) is 7.11 Å². The fraction of sp³-hybridized carbons (Fsp3) is 0.500. The second-order valence-corrected chi connectivity index (χ2v) is 5.02. The normalized spacial score (nSPS) is 17.2. The molecule has 1 aromatic rings. The lowest BCUT2D eigenvalue weighted by molar-refractivity contribution is 0.259. The van der Waals surface area contributed by atoms with E-state index in [1.165, 1.54) is 19.3 Å². The third-order valence-electron chi connectivity index (χ3n) is 3.21. The summed E-state index contributed by atoms with van der Waals surface area (Å²) in [6.07, 6.45) is 3.82. The Kier molecular flexibility index (Phi) is 5.09. The van der Waals surface area contributed by atoms with E-state index in [2.05, 4.69) is 22.0 Å². The molecule has 1 saturated carbocycles. The summed E-state index contributed by atoms with van der Waals surface area (Å²) in [5, 5.41) is 0. The summed E-state index contributed by atoms with van der Waals surface area (Å²) >= 11 is 3.43. The molecule has 0 bridgehead atoms. The minimum absolute atomic E-state index is 0. The van der Waals surface area contributed by atoms with Gasteiger partial charge in [-0.3, -0.25) is 0 Å². The summed E-state index contributed by atoms with van der Waals surface area (Å²) in [5.41, 5.74) is 7.36. The molecule has 0 amide bonds. The first kappa shape index (κ1) is 13.8. The largest absolute Gasteiger partial charge is 0.496 e. The Morgan fingerprint density at radius 2 is 2.12 bits per heavy atom. The van der Waals surface area contributed by atoms with E-state index in [9.17, 15) is 0 Å². The van der Waals surface area contributed by atoms with Gasteiger partial charge in [0.15, 0.2) is 0 Å². The first-order chi connectivity index (χ1) is 7.22. The molecule has 90 valence electrons. The number of rotatable bonds is 3. The van der Waals surface area contributed by atoms with Crippen molar-refractivity contribution in [1.29, 1.82) is 0 Å². The van der Waals surface area contributed by atoms with Gasteiger partial charge in [-0.1, -0.05) is 28.4 Å². The fourth-order valence-corrected chi connectivity index (χ4v) is 2.35. The van der Waals surface area contributed by atoms with E-state index in [4.69, 9.17) is 10.5 Å². The van der Waals surface area contributed by atoms with Crippen molar-refractivity contribution in [3.8, 4) is 5.75 Å².